The zero-order valence-corrected chi connectivity index (χ0v) is 14.4. The lowest BCUT2D eigenvalue weighted by atomic mass is 9.99. The van der Waals surface area contributed by atoms with Gasteiger partial charge in [-0.15, -0.1) is 0 Å². The summed E-state index contributed by atoms with van der Waals surface area (Å²) >= 11 is 0. The number of hydrogen-bond donors (Lipinski definition) is 3. The van der Waals surface area contributed by atoms with Crippen LogP contribution >= 0.6 is 0 Å². The van der Waals surface area contributed by atoms with Crippen LogP contribution in [0.5, 0.6) is 0 Å². The van der Waals surface area contributed by atoms with Gasteiger partial charge < -0.3 is 20.3 Å². The molecule has 0 spiro atoms. The van der Waals surface area contributed by atoms with Crippen molar-refractivity contribution in [3.63, 3.8) is 0 Å². The average Bonchev–Trinajstić information content (AvgIpc) is 2.49. The second-order valence-electron chi connectivity index (χ2n) is 6.37. The van der Waals surface area contributed by atoms with Crippen LogP contribution in [0, 0.1) is 0 Å². The van der Waals surface area contributed by atoms with Crippen molar-refractivity contribution in [2.75, 3.05) is 26.2 Å². The highest BCUT2D eigenvalue weighted by Crippen LogP contribution is 2.16. The van der Waals surface area contributed by atoms with E-state index in [2.05, 4.69) is 10.6 Å². The highest BCUT2D eigenvalue weighted by Gasteiger charge is 2.33. The lowest BCUT2D eigenvalue weighted by molar-refractivity contribution is -0.896. The zero-order valence-electron chi connectivity index (χ0n) is 14.4. The van der Waals surface area contributed by atoms with Crippen molar-refractivity contribution >= 4 is 12.0 Å². The van der Waals surface area contributed by atoms with Crippen LogP contribution in [-0.4, -0.2) is 44.3 Å². The maximum Gasteiger partial charge on any atom is 0.338 e. The first-order chi connectivity index (χ1) is 11.2. The molecule has 130 valence electrons. The molecule has 0 unspecified atom stereocenters. The van der Waals surface area contributed by atoms with Crippen LogP contribution in [0.15, 0.2) is 11.3 Å². The molecule has 1 saturated heterocycles. The van der Waals surface area contributed by atoms with Crippen LogP contribution in [0.2, 0.25) is 0 Å². The Morgan fingerprint density at radius 1 is 1.17 bits per heavy atom. The van der Waals surface area contributed by atoms with Crippen molar-refractivity contribution in [2.24, 2.45) is 0 Å². The number of rotatable bonds is 5. The highest BCUT2D eigenvalue weighted by molar-refractivity contribution is 5.94. The van der Waals surface area contributed by atoms with Gasteiger partial charge in [0.1, 0.15) is 6.54 Å². The van der Waals surface area contributed by atoms with Gasteiger partial charge in [-0.25, -0.2) is 9.59 Å². The first-order valence-corrected chi connectivity index (χ1v) is 8.97. The second-order valence-corrected chi connectivity index (χ2v) is 6.37. The number of nitrogens with one attached hydrogen (secondary N) is 3. The van der Waals surface area contributed by atoms with Gasteiger partial charge in [-0.05, 0) is 39.0 Å². The number of quaternary nitrogens is 1. The third-order valence-electron chi connectivity index (χ3n) is 4.63. The maximum absolute atomic E-state index is 12.4. The van der Waals surface area contributed by atoms with Crippen molar-refractivity contribution in [3.05, 3.63) is 11.3 Å². The van der Waals surface area contributed by atoms with Crippen LogP contribution < -0.4 is 15.5 Å². The summed E-state index contributed by atoms with van der Waals surface area (Å²) in [6.45, 7) is 7.00. The molecule has 0 aliphatic carbocycles. The molecular weight excluding hydrogens is 294 g/mol. The van der Waals surface area contributed by atoms with Crippen molar-refractivity contribution < 1.29 is 19.2 Å². The Hall–Kier alpha value is -1.56. The number of urea groups is 1. The summed E-state index contributed by atoms with van der Waals surface area (Å²) in [7, 11) is 0. The fourth-order valence-corrected chi connectivity index (χ4v) is 3.43. The number of amides is 2. The Bertz CT molecular complexity index is 454. The summed E-state index contributed by atoms with van der Waals surface area (Å²) in [5, 5.41) is 5.69. The van der Waals surface area contributed by atoms with Crippen LogP contribution in [0.4, 0.5) is 4.79 Å². The molecule has 2 heterocycles. The molecule has 23 heavy (non-hydrogen) atoms. The van der Waals surface area contributed by atoms with E-state index in [0.29, 0.717) is 25.1 Å². The van der Waals surface area contributed by atoms with E-state index in [1.165, 1.54) is 37.0 Å². The number of ether oxygens (including phenoxy) is 1. The van der Waals surface area contributed by atoms with E-state index in [1.54, 1.807) is 6.92 Å². The second kappa shape index (κ2) is 8.91. The SMILES string of the molecule is CCOC(=O)C1=C(C[NH+]2CCCCCCC2)NC(=O)N[C@H]1CC. The maximum atomic E-state index is 12.4. The van der Waals surface area contributed by atoms with Crippen molar-refractivity contribution in [1.29, 1.82) is 0 Å². The molecule has 0 aromatic carbocycles. The Balaban J connectivity index is 2.19. The van der Waals surface area contributed by atoms with Crippen molar-refractivity contribution in [1.82, 2.24) is 10.6 Å². The standard InChI is InChI=1S/C17H29N3O3/c1-3-13-15(16(21)23-4-2)14(19-17(22)18-13)12-20-10-8-6-5-7-9-11-20/h13H,3-12H2,1-2H3,(H2,18,19,22)/p+1/t13-/m0/s1. The minimum Gasteiger partial charge on any atom is -0.463 e. The van der Waals surface area contributed by atoms with Gasteiger partial charge in [0.2, 0.25) is 0 Å². The minimum atomic E-state index is -0.312. The van der Waals surface area contributed by atoms with E-state index >= 15 is 0 Å². The van der Waals surface area contributed by atoms with E-state index in [4.69, 9.17) is 4.74 Å². The first kappa shape index (κ1) is 17.8. The highest BCUT2D eigenvalue weighted by atomic mass is 16.5. The molecule has 2 aliphatic heterocycles. The minimum absolute atomic E-state index is 0.216. The third-order valence-corrected chi connectivity index (χ3v) is 4.63. The molecule has 6 heteroatoms. The van der Waals surface area contributed by atoms with E-state index in [1.807, 2.05) is 6.92 Å². The van der Waals surface area contributed by atoms with Gasteiger partial charge >= 0.3 is 12.0 Å². The average molecular weight is 324 g/mol. The summed E-state index contributed by atoms with van der Waals surface area (Å²) in [5.74, 6) is -0.312. The van der Waals surface area contributed by atoms with E-state index < -0.39 is 0 Å². The first-order valence-electron chi connectivity index (χ1n) is 8.97. The van der Waals surface area contributed by atoms with Gasteiger partial charge in [-0.2, -0.15) is 0 Å². The summed E-state index contributed by atoms with van der Waals surface area (Å²) in [5.41, 5.74) is 1.35. The quantitative estimate of drug-likeness (QED) is 0.653. The molecule has 0 radical (unpaired) electrons. The number of esters is 1. The Labute approximate surface area is 138 Å². The molecule has 2 aliphatic rings. The van der Waals surface area contributed by atoms with Gasteiger partial charge in [-0.3, -0.25) is 0 Å². The molecule has 2 amide bonds. The molecule has 0 bridgehead atoms. The summed E-state index contributed by atoms with van der Waals surface area (Å²) in [6, 6.07) is -0.474. The molecule has 0 aromatic heterocycles. The van der Waals surface area contributed by atoms with E-state index in [9.17, 15) is 9.59 Å². The Morgan fingerprint density at radius 3 is 2.43 bits per heavy atom. The molecule has 2 rings (SSSR count). The van der Waals surface area contributed by atoms with Crippen LogP contribution in [-0.2, 0) is 9.53 Å². The number of likely N-dealkylation sites (tertiary alicyclic amines) is 1. The Kier molecular flexibility index (Phi) is 6.89. The summed E-state index contributed by atoms with van der Waals surface area (Å²) in [4.78, 5) is 25.7. The van der Waals surface area contributed by atoms with Gasteiger partial charge in [-0.1, -0.05) is 13.3 Å². The predicted octanol–water partition coefficient (Wildman–Crippen LogP) is 0.744. The Morgan fingerprint density at radius 2 is 1.83 bits per heavy atom. The van der Waals surface area contributed by atoms with E-state index in [-0.39, 0.29) is 18.0 Å². The lowest BCUT2D eigenvalue weighted by Gasteiger charge is -2.30. The summed E-state index contributed by atoms with van der Waals surface area (Å²) in [6.07, 6.45) is 6.97. The topological polar surface area (TPSA) is 71.9 Å². The normalized spacial score (nSPS) is 23.6. The van der Waals surface area contributed by atoms with Gasteiger partial charge in [0, 0.05) is 0 Å². The fraction of sp³-hybridized carbons (Fsp3) is 0.765. The van der Waals surface area contributed by atoms with Crippen molar-refractivity contribution in [2.45, 2.75) is 58.4 Å². The molecule has 6 nitrogen and oxygen atoms in total. The number of carbonyl (C=O) groups excluding carboxylic acids is 2. The number of hydrogen-bond acceptors (Lipinski definition) is 3. The van der Waals surface area contributed by atoms with Crippen LogP contribution in [0.3, 0.4) is 0 Å². The smallest absolute Gasteiger partial charge is 0.338 e. The largest absolute Gasteiger partial charge is 0.463 e. The third kappa shape index (κ3) is 4.96. The molecule has 1 atom stereocenters. The van der Waals surface area contributed by atoms with Gasteiger partial charge in [0.25, 0.3) is 0 Å². The van der Waals surface area contributed by atoms with Gasteiger partial charge in [0.05, 0.1) is 37.0 Å². The molecule has 0 aromatic rings. The van der Waals surface area contributed by atoms with E-state index in [0.717, 1.165) is 18.8 Å². The summed E-state index contributed by atoms with van der Waals surface area (Å²) < 4.78 is 5.22. The molecular formula is C17H30N3O3+. The molecule has 0 saturated carbocycles. The monoisotopic (exact) mass is 324 g/mol. The molecule has 1 fully saturated rings. The molecule has 3 N–H and O–H groups in total. The fourth-order valence-electron chi connectivity index (χ4n) is 3.43. The number of carbonyl (C=O) groups is 2. The van der Waals surface area contributed by atoms with Crippen molar-refractivity contribution in [3.8, 4) is 0 Å². The predicted molar refractivity (Wildman–Crippen MR) is 88.1 cm³/mol. The zero-order chi connectivity index (χ0) is 16.7. The van der Waals surface area contributed by atoms with Gasteiger partial charge in [0.15, 0.2) is 0 Å². The van der Waals surface area contributed by atoms with Crippen LogP contribution in [0.1, 0.15) is 52.4 Å². The van der Waals surface area contributed by atoms with Crippen LogP contribution in [0.25, 0.3) is 0 Å². The lowest BCUT2D eigenvalue weighted by Crippen LogP contribution is -3.12.